The summed E-state index contributed by atoms with van der Waals surface area (Å²) in [6.45, 7) is 8.79. The Labute approximate surface area is 118 Å². The smallest absolute Gasteiger partial charge is 0.0698 e. The highest BCUT2D eigenvalue weighted by Crippen LogP contribution is 2.16. The van der Waals surface area contributed by atoms with E-state index in [0.29, 0.717) is 6.10 Å². The van der Waals surface area contributed by atoms with Gasteiger partial charge < -0.3 is 20.1 Å². The number of hydrogen-bond donors (Lipinski definition) is 2. The average Bonchev–Trinajstić information content (AvgIpc) is 2.44. The summed E-state index contributed by atoms with van der Waals surface area (Å²) in [6, 6.07) is 0. The molecule has 2 N–H and O–H groups in total. The first-order valence-corrected chi connectivity index (χ1v) is 7.74. The Morgan fingerprint density at radius 3 is 2.84 bits per heavy atom. The summed E-state index contributed by atoms with van der Waals surface area (Å²) in [5, 5.41) is 12.8. The van der Waals surface area contributed by atoms with E-state index in [1.54, 1.807) is 0 Å². The molecule has 0 spiro atoms. The van der Waals surface area contributed by atoms with Crippen molar-refractivity contribution in [2.24, 2.45) is 0 Å². The lowest BCUT2D eigenvalue weighted by Gasteiger charge is -2.32. The van der Waals surface area contributed by atoms with Crippen LogP contribution in [0.2, 0.25) is 0 Å². The Kier molecular flexibility index (Phi) is 7.91. The second-order valence-corrected chi connectivity index (χ2v) is 6.01. The van der Waals surface area contributed by atoms with Gasteiger partial charge in [0.1, 0.15) is 0 Å². The maximum atomic E-state index is 9.44. The van der Waals surface area contributed by atoms with Gasteiger partial charge in [-0.2, -0.15) is 0 Å². The van der Waals surface area contributed by atoms with Crippen molar-refractivity contribution in [2.75, 3.05) is 39.9 Å². The third-order valence-electron chi connectivity index (χ3n) is 4.20. The zero-order valence-corrected chi connectivity index (χ0v) is 13.0. The van der Waals surface area contributed by atoms with E-state index in [9.17, 15) is 5.11 Å². The van der Waals surface area contributed by atoms with Gasteiger partial charge in [0.15, 0.2) is 0 Å². The molecule has 4 heteroatoms. The van der Waals surface area contributed by atoms with E-state index in [2.05, 4.69) is 24.1 Å². The normalized spacial score (nSPS) is 24.3. The summed E-state index contributed by atoms with van der Waals surface area (Å²) in [6.07, 6.45) is 6.30. The van der Waals surface area contributed by atoms with Crippen LogP contribution in [0.1, 0.15) is 46.0 Å². The van der Waals surface area contributed by atoms with Crippen LogP contribution in [-0.4, -0.2) is 61.5 Å². The average molecular weight is 272 g/mol. The molecule has 1 rings (SSSR count). The first-order valence-electron chi connectivity index (χ1n) is 7.74. The number of piperidine rings is 1. The maximum absolute atomic E-state index is 9.44. The molecule has 2 unspecified atom stereocenters. The summed E-state index contributed by atoms with van der Waals surface area (Å²) in [7, 11) is 1.82. The number of methoxy groups -OCH3 is 1. The third-order valence-corrected chi connectivity index (χ3v) is 4.20. The monoisotopic (exact) mass is 272 g/mol. The maximum Gasteiger partial charge on any atom is 0.0698 e. The van der Waals surface area contributed by atoms with Gasteiger partial charge in [-0.1, -0.05) is 13.3 Å². The molecule has 1 saturated heterocycles. The fourth-order valence-electron chi connectivity index (χ4n) is 2.91. The van der Waals surface area contributed by atoms with Gasteiger partial charge in [0.2, 0.25) is 0 Å². The molecule has 0 aliphatic carbocycles. The predicted molar refractivity (Wildman–Crippen MR) is 79.5 cm³/mol. The van der Waals surface area contributed by atoms with Crippen LogP contribution in [0.5, 0.6) is 0 Å². The van der Waals surface area contributed by atoms with E-state index < -0.39 is 0 Å². The molecule has 1 aliphatic heterocycles. The lowest BCUT2D eigenvalue weighted by Crippen LogP contribution is -2.45. The van der Waals surface area contributed by atoms with Crippen molar-refractivity contribution >= 4 is 0 Å². The van der Waals surface area contributed by atoms with Crippen LogP contribution in [0, 0.1) is 0 Å². The number of ether oxygens (including phenoxy) is 1. The fourth-order valence-corrected chi connectivity index (χ4v) is 2.91. The Morgan fingerprint density at radius 2 is 2.21 bits per heavy atom. The van der Waals surface area contributed by atoms with Gasteiger partial charge in [0.25, 0.3) is 0 Å². The van der Waals surface area contributed by atoms with Gasteiger partial charge in [-0.3, -0.25) is 0 Å². The molecule has 0 bridgehead atoms. The minimum Gasteiger partial charge on any atom is -0.394 e. The summed E-state index contributed by atoms with van der Waals surface area (Å²) in [5.41, 5.74) is -0.105. The Hall–Kier alpha value is -0.160. The van der Waals surface area contributed by atoms with Crippen molar-refractivity contribution in [2.45, 2.75) is 57.6 Å². The van der Waals surface area contributed by atoms with E-state index in [1.807, 2.05) is 7.11 Å². The zero-order valence-electron chi connectivity index (χ0n) is 13.0. The molecule has 0 amide bonds. The number of rotatable bonds is 9. The van der Waals surface area contributed by atoms with Crippen LogP contribution in [0.3, 0.4) is 0 Å². The molecule has 0 saturated carbocycles. The fraction of sp³-hybridized carbons (Fsp3) is 1.00. The summed E-state index contributed by atoms with van der Waals surface area (Å²) in [4.78, 5) is 2.52. The van der Waals surface area contributed by atoms with Crippen LogP contribution >= 0.6 is 0 Å². The Balaban J connectivity index is 2.16. The van der Waals surface area contributed by atoms with E-state index in [-0.39, 0.29) is 12.1 Å². The molecule has 1 fully saturated rings. The SMILES string of the molecule is CCNC(C)(CO)CCCCN1CCCC(OC)C1. The van der Waals surface area contributed by atoms with Crippen molar-refractivity contribution in [1.82, 2.24) is 10.2 Å². The highest BCUT2D eigenvalue weighted by atomic mass is 16.5. The van der Waals surface area contributed by atoms with Crippen LogP contribution in [-0.2, 0) is 4.74 Å². The van der Waals surface area contributed by atoms with Gasteiger partial charge >= 0.3 is 0 Å². The molecule has 0 aromatic rings. The Morgan fingerprint density at radius 1 is 1.42 bits per heavy atom. The zero-order chi connectivity index (χ0) is 14.1. The molecule has 1 aliphatic rings. The molecule has 19 heavy (non-hydrogen) atoms. The molecule has 0 aromatic heterocycles. The van der Waals surface area contributed by atoms with Gasteiger partial charge in [0, 0.05) is 19.2 Å². The number of aliphatic hydroxyl groups is 1. The number of likely N-dealkylation sites (tertiary alicyclic amines) is 1. The van der Waals surface area contributed by atoms with E-state index in [1.165, 1.54) is 25.8 Å². The lowest BCUT2D eigenvalue weighted by atomic mass is 9.95. The molecule has 0 aromatic carbocycles. The minimum absolute atomic E-state index is 0.105. The van der Waals surface area contributed by atoms with Crippen LogP contribution in [0.4, 0.5) is 0 Å². The molecule has 2 atom stereocenters. The first-order chi connectivity index (χ1) is 9.13. The van der Waals surface area contributed by atoms with Crippen molar-refractivity contribution in [3.8, 4) is 0 Å². The second kappa shape index (κ2) is 8.90. The highest BCUT2D eigenvalue weighted by molar-refractivity contribution is 4.81. The van der Waals surface area contributed by atoms with Crippen molar-refractivity contribution < 1.29 is 9.84 Å². The quantitative estimate of drug-likeness (QED) is 0.626. The van der Waals surface area contributed by atoms with Gasteiger partial charge in [-0.15, -0.1) is 0 Å². The molecule has 114 valence electrons. The number of likely N-dealkylation sites (N-methyl/N-ethyl adjacent to an activating group) is 1. The molecular formula is C15H32N2O2. The number of hydrogen-bond acceptors (Lipinski definition) is 4. The van der Waals surface area contributed by atoms with Crippen LogP contribution < -0.4 is 5.32 Å². The molecular weight excluding hydrogens is 240 g/mol. The van der Waals surface area contributed by atoms with Crippen molar-refractivity contribution in [1.29, 1.82) is 0 Å². The van der Waals surface area contributed by atoms with Gasteiger partial charge in [-0.25, -0.2) is 0 Å². The number of nitrogens with one attached hydrogen (secondary N) is 1. The number of aliphatic hydroxyl groups excluding tert-OH is 1. The van der Waals surface area contributed by atoms with E-state index in [0.717, 1.165) is 32.5 Å². The van der Waals surface area contributed by atoms with Crippen LogP contribution in [0.25, 0.3) is 0 Å². The molecule has 4 nitrogen and oxygen atoms in total. The summed E-state index contributed by atoms with van der Waals surface area (Å²) >= 11 is 0. The molecule has 1 heterocycles. The van der Waals surface area contributed by atoms with Crippen molar-refractivity contribution in [3.63, 3.8) is 0 Å². The number of unbranched alkanes of at least 4 members (excludes halogenated alkanes) is 1. The minimum atomic E-state index is -0.105. The molecule has 0 radical (unpaired) electrons. The summed E-state index contributed by atoms with van der Waals surface area (Å²) < 4.78 is 5.45. The third kappa shape index (κ3) is 6.21. The topological polar surface area (TPSA) is 44.7 Å². The van der Waals surface area contributed by atoms with E-state index >= 15 is 0 Å². The highest BCUT2D eigenvalue weighted by Gasteiger charge is 2.22. The number of nitrogens with zero attached hydrogens (tertiary/aromatic N) is 1. The van der Waals surface area contributed by atoms with Gasteiger partial charge in [0.05, 0.1) is 12.7 Å². The van der Waals surface area contributed by atoms with Crippen molar-refractivity contribution in [3.05, 3.63) is 0 Å². The summed E-state index contributed by atoms with van der Waals surface area (Å²) in [5.74, 6) is 0. The van der Waals surface area contributed by atoms with Gasteiger partial charge in [-0.05, 0) is 52.2 Å². The van der Waals surface area contributed by atoms with E-state index in [4.69, 9.17) is 4.74 Å². The standard InChI is InChI=1S/C15H32N2O2/c1-4-16-15(2,13-18)9-5-6-10-17-11-7-8-14(12-17)19-3/h14,16,18H,4-13H2,1-3H3. The largest absolute Gasteiger partial charge is 0.394 e. The van der Waals surface area contributed by atoms with Crippen LogP contribution in [0.15, 0.2) is 0 Å². The predicted octanol–water partition coefficient (Wildman–Crippen LogP) is 1.63. The second-order valence-electron chi connectivity index (χ2n) is 6.01. The first kappa shape index (κ1) is 16.9. The Bertz CT molecular complexity index is 238. The lowest BCUT2D eigenvalue weighted by molar-refractivity contribution is 0.0305.